The SMILES string of the molecule is O=C(NC1CCCCC1O)c1ccc(SC(F)(F)F)cc1. The van der Waals surface area contributed by atoms with E-state index in [2.05, 4.69) is 5.32 Å². The van der Waals surface area contributed by atoms with Crippen molar-refractivity contribution < 1.29 is 23.1 Å². The molecule has 2 rings (SSSR count). The monoisotopic (exact) mass is 319 g/mol. The molecule has 0 saturated heterocycles. The Balaban J connectivity index is 1.96. The zero-order chi connectivity index (χ0) is 15.5. The number of nitrogens with one attached hydrogen (secondary N) is 1. The quantitative estimate of drug-likeness (QED) is 0.840. The summed E-state index contributed by atoms with van der Waals surface area (Å²) in [6.45, 7) is 0. The predicted octanol–water partition coefficient (Wildman–Crippen LogP) is 3.33. The van der Waals surface area contributed by atoms with E-state index in [1.54, 1.807) is 0 Å². The number of aliphatic hydroxyl groups excluding tert-OH is 1. The summed E-state index contributed by atoms with van der Waals surface area (Å²) in [6.07, 6.45) is 2.71. The van der Waals surface area contributed by atoms with Crippen LogP contribution in [0.2, 0.25) is 0 Å². The largest absolute Gasteiger partial charge is 0.446 e. The molecule has 0 bridgehead atoms. The normalized spacial score (nSPS) is 22.9. The van der Waals surface area contributed by atoms with Crippen LogP contribution in [0.5, 0.6) is 0 Å². The van der Waals surface area contributed by atoms with E-state index < -0.39 is 11.6 Å². The van der Waals surface area contributed by atoms with Crippen LogP contribution in [0.15, 0.2) is 29.2 Å². The van der Waals surface area contributed by atoms with Gasteiger partial charge in [-0.25, -0.2) is 0 Å². The van der Waals surface area contributed by atoms with Crippen LogP contribution in [-0.2, 0) is 0 Å². The molecule has 1 aliphatic carbocycles. The number of carbonyl (C=O) groups excluding carboxylic acids is 1. The van der Waals surface area contributed by atoms with Gasteiger partial charge in [0.15, 0.2) is 0 Å². The van der Waals surface area contributed by atoms with Gasteiger partial charge in [-0.3, -0.25) is 4.79 Å². The first kappa shape index (κ1) is 16.2. The van der Waals surface area contributed by atoms with Gasteiger partial charge in [-0.15, -0.1) is 0 Å². The van der Waals surface area contributed by atoms with Gasteiger partial charge >= 0.3 is 5.51 Å². The lowest BCUT2D eigenvalue weighted by molar-refractivity contribution is -0.0328. The number of hydrogen-bond acceptors (Lipinski definition) is 3. The summed E-state index contributed by atoms with van der Waals surface area (Å²) in [7, 11) is 0. The summed E-state index contributed by atoms with van der Waals surface area (Å²) < 4.78 is 36.6. The van der Waals surface area contributed by atoms with Crippen LogP contribution in [0.25, 0.3) is 0 Å². The third kappa shape index (κ3) is 4.93. The summed E-state index contributed by atoms with van der Waals surface area (Å²) >= 11 is -0.214. The minimum absolute atomic E-state index is 0.0387. The van der Waals surface area contributed by atoms with E-state index in [9.17, 15) is 23.1 Å². The summed E-state index contributed by atoms with van der Waals surface area (Å²) in [5.74, 6) is -0.371. The third-order valence-electron chi connectivity index (χ3n) is 3.40. The second-order valence-corrected chi connectivity index (χ2v) is 6.14. The van der Waals surface area contributed by atoms with E-state index in [0.717, 1.165) is 19.3 Å². The van der Waals surface area contributed by atoms with Crippen molar-refractivity contribution in [3.63, 3.8) is 0 Å². The zero-order valence-electron chi connectivity index (χ0n) is 11.2. The van der Waals surface area contributed by atoms with Gasteiger partial charge < -0.3 is 10.4 Å². The van der Waals surface area contributed by atoms with Crippen molar-refractivity contribution >= 4 is 17.7 Å². The molecule has 1 saturated carbocycles. The molecule has 0 spiro atoms. The van der Waals surface area contributed by atoms with E-state index in [-0.39, 0.29) is 28.6 Å². The molecule has 1 aromatic rings. The van der Waals surface area contributed by atoms with Gasteiger partial charge in [0.25, 0.3) is 5.91 Å². The first-order valence-corrected chi connectivity index (χ1v) is 7.51. The highest BCUT2D eigenvalue weighted by Gasteiger charge is 2.29. The molecule has 7 heteroatoms. The number of rotatable bonds is 3. The average Bonchev–Trinajstić information content (AvgIpc) is 2.40. The summed E-state index contributed by atoms with van der Waals surface area (Å²) in [5.41, 5.74) is -4.05. The summed E-state index contributed by atoms with van der Waals surface area (Å²) in [4.78, 5) is 12.0. The van der Waals surface area contributed by atoms with Crippen molar-refractivity contribution in [1.82, 2.24) is 5.32 Å². The molecule has 1 aromatic carbocycles. The van der Waals surface area contributed by atoms with E-state index in [1.165, 1.54) is 24.3 Å². The molecule has 0 radical (unpaired) electrons. The minimum atomic E-state index is -4.34. The van der Waals surface area contributed by atoms with Crippen LogP contribution in [0.1, 0.15) is 36.0 Å². The van der Waals surface area contributed by atoms with Gasteiger partial charge in [-0.1, -0.05) is 12.8 Å². The Kier molecular flexibility index (Phi) is 5.16. The van der Waals surface area contributed by atoms with Crippen LogP contribution in [0, 0.1) is 0 Å². The lowest BCUT2D eigenvalue weighted by Crippen LogP contribution is -2.45. The molecule has 1 fully saturated rings. The molecule has 2 unspecified atom stereocenters. The van der Waals surface area contributed by atoms with Gasteiger partial charge in [0.1, 0.15) is 0 Å². The summed E-state index contributed by atoms with van der Waals surface area (Å²) in [5, 5.41) is 12.5. The molecule has 0 heterocycles. The minimum Gasteiger partial charge on any atom is -0.391 e. The fourth-order valence-corrected chi connectivity index (χ4v) is 2.88. The number of alkyl halides is 3. The lowest BCUT2D eigenvalue weighted by atomic mass is 9.92. The van der Waals surface area contributed by atoms with Crippen molar-refractivity contribution in [2.45, 2.75) is 48.2 Å². The topological polar surface area (TPSA) is 49.3 Å². The Labute approximate surface area is 124 Å². The Morgan fingerprint density at radius 3 is 2.38 bits per heavy atom. The first-order chi connectivity index (χ1) is 9.85. The molecule has 21 heavy (non-hydrogen) atoms. The van der Waals surface area contributed by atoms with Crippen molar-refractivity contribution in [1.29, 1.82) is 0 Å². The van der Waals surface area contributed by atoms with Crippen LogP contribution in [0.3, 0.4) is 0 Å². The third-order valence-corrected chi connectivity index (χ3v) is 4.14. The standard InChI is InChI=1S/C14H16F3NO2S/c15-14(16,17)21-10-7-5-9(6-8-10)13(20)18-11-3-1-2-4-12(11)19/h5-8,11-12,19H,1-4H2,(H,18,20). The fraction of sp³-hybridized carbons (Fsp3) is 0.500. The number of thioether (sulfide) groups is 1. The highest BCUT2D eigenvalue weighted by Crippen LogP contribution is 2.36. The molecule has 2 N–H and O–H groups in total. The van der Waals surface area contributed by atoms with Crippen LogP contribution >= 0.6 is 11.8 Å². The van der Waals surface area contributed by atoms with E-state index in [1.807, 2.05) is 0 Å². The predicted molar refractivity (Wildman–Crippen MR) is 74.1 cm³/mol. The maximum Gasteiger partial charge on any atom is 0.446 e. The number of hydrogen-bond donors (Lipinski definition) is 2. The molecular formula is C14H16F3NO2S. The highest BCUT2D eigenvalue weighted by atomic mass is 32.2. The average molecular weight is 319 g/mol. The number of benzene rings is 1. The molecule has 116 valence electrons. The van der Waals surface area contributed by atoms with E-state index in [0.29, 0.717) is 12.0 Å². The lowest BCUT2D eigenvalue weighted by Gasteiger charge is -2.28. The number of carbonyl (C=O) groups is 1. The molecule has 1 amide bonds. The molecular weight excluding hydrogens is 303 g/mol. The second kappa shape index (κ2) is 6.70. The molecule has 2 atom stereocenters. The van der Waals surface area contributed by atoms with Crippen LogP contribution in [-0.4, -0.2) is 28.7 Å². The van der Waals surface area contributed by atoms with Crippen molar-refractivity contribution in [2.24, 2.45) is 0 Å². The Morgan fingerprint density at radius 1 is 1.19 bits per heavy atom. The Bertz CT molecular complexity index is 490. The molecule has 0 aliphatic heterocycles. The van der Waals surface area contributed by atoms with Crippen LogP contribution in [0.4, 0.5) is 13.2 Å². The number of aliphatic hydroxyl groups is 1. The van der Waals surface area contributed by atoms with Crippen molar-refractivity contribution in [2.75, 3.05) is 0 Å². The number of amides is 1. The first-order valence-electron chi connectivity index (χ1n) is 6.70. The zero-order valence-corrected chi connectivity index (χ0v) is 12.0. The van der Waals surface area contributed by atoms with Crippen molar-refractivity contribution in [3.05, 3.63) is 29.8 Å². The molecule has 1 aliphatic rings. The Hall–Kier alpha value is -1.21. The van der Waals surface area contributed by atoms with Gasteiger partial charge in [-0.05, 0) is 48.9 Å². The summed E-state index contributed by atoms with van der Waals surface area (Å²) in [6, 6.07) is 4.97. The smallest absolute Gasteiger partial charge is 0.391 e. The maximum absolute atomic E-state index is 12.2. The van der Waals surface area contributed by atoms with E-state index >= 15 is 0 Å². The maximum atomic E-state index is 12.2. The fourth-order valence-electron chi connectivity index (χ4n) is 2.34. The van der Waals surface area contributed by atoms with E-state index in [4.69, 9.17) is 0 Å². The van der Waals surface area contributed by atoms with Crippen LogP contribution < -0.4 is 5.32 Å². The second-order valence-electron chi connectivity index (χ2n) is 5.00. The van der Waals surface area contributed by atoms with Gasteiger partial charge in [0, 0.05) is 10.5 Å². The number of halogens is 3. The van der Waals surface area contributed by atoms with Gasteiger partial charge in [-0.2, -0.15) is 13.2 Å². The Morgan fingerprint density at radius 2 is 1.81 bits per heavy atom. The molecule has 3 nitrogen and oxygen atoms in total. The van der Waals surface area contributed by atoms with Crippen molar-refractivity contribution in [3.8, 4) is 0 Å². The molecule has 0 aromatic heterocycles. The highest BCUT2D eigenvalue weighted by molar-refractivity contribution is 8.00. The van der Waals surface area contributed by atoms with Gasteiger partial charge in [0.2, 0.25) is 0 Å². The van der Waals surface area contributed by atoms with Gasteiger partial charge in [0.05, 0.1) is 12.1 Å².